The van der Waals surface area contributed by atoms with Gasteiger partial charge < -0.3 is 10.9 Å². The third-order valence-corrected chi connectivity index (χ3v) is 0. The molecule has 5 heavy (non-hydrogen) atoms. The molecule has 0 unspecified atom stereocenters. The van der Waals surface area contributed by atoms with Crippen molar-refractivity contribution < 1.29 is 18.8 Å². The SMILES string of the molecule is F.F.F.[F-].[NH4+]. The molecule has 0 aliphatic carbocycles. The Morgan fingerprint density at radius 3 is 0.600 bits per heavy atom. The molecule has 0 aliphatic heterocycles. The fourth-order valence-electron chi connectivity index (χ4n) is 0. The van der Waals surface area contributed by atoms with Crippen molar-refractivity contribution in [3.8, 4) is 0 Å². The Kier molecular flexibility index (Phi) is 32000. The number of hydrogen-bond donors (Lipinski definition) is 1. The van der Waals surface area contributed by atoms with Crippen LogP contribution in [-0.2, 0) is 0 Å². The van der Waals surface area contributed by atoms with Gasteiger partial charge in [0.25, 0.3) is 0 Å². The zero-order valence-corrected chi connectivity index (χ0v) is 2.60. The third-order valence-electron chi connectivity index (χ3n) is 0. The Labute approximate surface area is 26.4 Å². The largest absolute Gasteiger partial charge is 1.00 e. The number of rotatable bonds is 0. The molecule has 0 amide bonds. The first-order chi connectivity index (χ1) is 0. The molecule has 0 saturated heterocycles. The second-order valence-corrected chi connectivity index (χ2v) is 0. The topological polar surface area (TPSA) is 36.5 Å². The van der Waals surface area contributed by atoms with E-state index in [2.05, 4.69) is 0 Å². The van der Waals surface area contributed by atoms with Crippen LogP contribution in [0.25, 0.3) is 0 Å². The minimum atomic E-state index is 0. The van der Waals surface area contributed by atoms with Crippen molar-refractivity contribution >= 4 is 0 Å². The maximum absolute atomic E-state index is 0. The summed E-state index contributed by atoms with van der Waals surface area (Å²) in [6.07, 6.45) is 0. The van der Waals surface area contributed by atoms with E-state index in [1.54, 1.807) is 0 Å². The minimum Gasteiger partial charge on any atom is -1.00 e. The van der Waals surface area contributed by atoms with Crippen molar-refractivity contribution in [2.75, 3.05) is 0 Å². The van der Waals surface area contributed by atoms with Crippen LogP contribution in [0.2, 0.25) is 0 Å². The first kappa shape index (κ1) is 619. The fraction of sp³-hybridized carbons (Fsp3) is 0. The van der Waals surface area contributed by atoms with Gasteiger partial charge in [0.2, 0.25) is 0 Å². The van der Waals surface area contributed by atoms with Crippen LogP contribution >= 0.6 is 0 Å². The van der Waals surface area contributed by atoms with Gasteiger partial charge in [-0.2, -0.15) is 0 Å². The average Bonchev–Trinajstić information content (AvgIpc) is 0. The molecular weight excluding hydrogens is 90.0 g/mol. The summed E-state index contributed by atoms with van der Waals surface area (Å²) >= 11 is 0. The molecule has 0 heterocycles. The smallest absolute Gasteiger partial charge is 0.269 e. The van der Waals surface area contributed by atoms with Gasteiger partial charge in [0, 0.05) is 0 Å². The summed E-state index contributed by atoms with van der Waals surface area (Å²) in [5, 5.41) is 0. The van der Waals surface area contributed by atoms with E-state index in [4.69, 9.17) is 0 Å². The zero-order valence-electron chi connectivity index (χ0n) is 2.60. The van der Waals surface area contributed by atoms with Crippen LogP contribution in [-0.4, -0.2) is 0 Å². The molecule has 0 saturated carbocycles. The second-order valence-electron chi connectivity index (χ2n) is 0. The van der Waals surface area contributed by atoms with E-state index in [1.165, 1.54) is 0 Å². The minimum absolute atomic E-state index is 0. The van der Waals surface area contributed by atoms with E-state index in [9.17, 15) is 0 Å². The van der Waals surface area contributed by atoms with Gasteiger partial charge in [-0.3, -0.25) is 14.1 Å². The average molecular weight is 97.1 g/mol. The Morgan fingerprint density at radius 2 is 0.600 bits per heavy atom. The van der Waals surface area contributed by atoms with Gasteiger partial charge in [-0.15, -0.1) is 0 Å². The summed E-state index contributed by atoms with van der Waals surface area (Å²) in [5.74, 6) is 0. The summed E-state index contributed by atoms with van der Waals surface area (Å²) in [7, 11) is 0. The van der Waals surface area contributed by atoms with Crippen LogP contribution in [0, 0.1) is 0 Å². The van der Waals surface area contributed by atoms with E-state index in [1.807, 2.05) is 0 Å². The van der Waals surface area contributed by atoms with Crippen LogP contribution in [0.4, 0.5) is 14.1 Å². The molecule has 40 valence electrons. The van der Waals surface area contributed by atoms with E-state index in [0.29, 0.717) is 0 Å². The Morgan fingerprint density at radius 1 is 0.600 bits per heavy atom. The zero-order chi connectivity index (χ0) is 0. The third kappa shape index (κ3) is 101. The van der Waals surface area contributed by atoms with Gasteiger partial charge in [-0.25, -0.2) is 0 Å². The van der Waals surface area contributed by atoms with Crippen molar-refractivity contribution in [3.63, 3.8) is 0 Å². The lowest BCUT2D eigenvalue weighted by Crippen LogP contribution is -3.00. The molecule has 4 N–H and O–H groups in total. The van der Waals surface area contributed by atoms with Gasteiger partial charge in [0.05, 0.1) is 0 Å². The molecule has 0 aromatic heterocycles. The molecule has 0 aromatic rings. The number of quaternary nitrogens is 1. The summed E-state index contributed by atoms with van der Waals surface area (Å²) in [5.41, 5.74) is 0. The predicted octanol–water partition coefficient (Wildman–Crippen LogP) is -2.16. The molecule has 0 bridgehead atoms. The highest BCUT2D eigenvalue weighted by molar-refractivity contribution is 2.13. The van der Waals surface area contributed by atoms with Crippen molar-refractivity contribution in [1.29, 1.82) is 0 Å². The van der Waals surface area contributed by atoms with Crippen LogP contribution < -0.4 is 10.9 Å². The molecule has 5 heteroatoms. The van der Waals surface area contributed by atoms with Crippen molar-refractivity contribution in [2.24, 2.45) is 0 Å². The van der Waals surface area contributed by atoms with E-state index in [0.717, 1.165) is 0 Å². The number of hydrogen-bond acceptors (Lipinski definition) is 0. The summed E-state index contributed by atoms with van der Waals surface area (Å²) in [6.45, 7) is 0. The highest BCUT2D eigenvalue weighted by atomic mass is 19.0. The summed E-state index contributed by atoms with van der Waals surface area (Å²) in [4.78, 5) is 0. The van der Waals surface area contributed by atoms with Gasteiger partial charge in [-0.1, -0.05) is 0 Å². The first-order valence-corrected chi connectivity index (χ1v) is 0. The van der Waals surface area contributed by atoms with E-state index >= 15 is 0 Å². The van der Waals surface area contributed by atoms with Gasteiger partial charge in [0.15, 0.2) is 0 Å². The maximum atomic E-state index is 0. The first-order valence-electron chi connectivity index (χ1n) is 0. The van der Waals surface area contributed by atoms with Crippen LogP contribution in [0.5, 0.6) is 0 Å². The maximum Gasteiger partial charge on any atom is -0.269 e. The van der Waals surface area contributed by atoms with Crippen LogP contribution in [0.1, 0.15) is 0 Å². The van der Waals surface area contributed by atoms with Gasteiger partial charge in [-0.05, 0) is 0 Å². The van der Waals surface area contributed by atoms with Gasteiger partial charge in [0.1, 0.15) is 0 Å². The lowest BCUT2D eigenvalue weighted by atomic mass is 14.0. The normalized spacial score (nSPS) is 0. The Balaban J connectivity index is 0. The molecule has 0 fully saturated rings. The lowest BCUT2D eigenvalue weighted by Gasteiger charge is -1.00. The van der Waals surface area contributed by atoms with Gasteiger partial charge >= 0.3 is 0 Å². The van der Waals surface area contributed by atoms with Crippen molar-refractivity contribution in [1.82, 2.24) is 6.15 Å². The molecule has 1 nitrogen and oxygen atoms in total. The predicted molar refractivity (Wildman–Crippen MR) is 13.5 cm³/mol. The quantitative estimate of drug-likeness (QED) is 0.334. The molecule has 0 radical (unpaired) electrons. The molecule has 0 spiro atoms. The molecule has 0 rings (SSSR count). The Hall–Kier alpha value is -0.320. The van der Waals surface area contributed by atoms with Crippen LogP contribution in [0.15, 0.2) is 0 Å². The second kappa shape index (κ2) is 258. The summed E-state index contributed by atoms with van der Waals surface area (Å²) < 4.78 is 0. The summed E-state index contributed by atoms with van der Waals surface area (Å²) in [6, 6.07) is 0. The van der Waals surface area contributed by atoms with E-state index < -0.39 is 0 Å². The van der Waals surface area contributed by atoms with Crippen LogP contribution in [0.3, 0.4) is 0 Å². The monoisotopic (exact) mass is 97.1 g/mol. The van der Waals surface area contributed by atoms with Crippen molar-refractivity contribution in [2.45, 2.75) is 0 Å². The highest BCUT2D eigenvalue weighted by Gasteiger charge is -0.267. The molecule has 0 aliphatic rings. The van der Waals surface area contributed by atoms with E-state index in [-0.39, 0.29) is 25.0 Å². The number of halogens is 4. The van der Waals surface area contributed by atoms with Crippen molar-refractivity contribution in [3.05, 3.63) is 0 Å². The molecule has 0 aromatic carbocycles. The lowest BCUT2D eigenvalue weighted by molar-refractivity contribution is -0.00000317. The standard InChI is InChI=1S/4FH.H3N/h4*1H;1H3. The highest BCUT2D eigenvalue weighted by Crippen LogP contribution is 0.422. The fourth-order valence-corrected chi connectivity index (χ4v) is 0. The molecule has 0 atom stereocenters. The molecular formula is H7F4N. The Bertz CT molecular complexity index is 3.61.